The molecule has 4 nitrogen and oxygen atoms in total. The second-order valence-electron chi connectivity index (χ2n) is 3.78. The van der Waals surface area contributed by atoms with Crippen LogP contribution < -0.4 is 0 Å². The number of Topliss-reactive ketones (excluding diaryl/α,β-unsaturated/α-hetero) is 1. The predicted molar refractivity (Wildman–Crippen MR) is 64.6 cm³/mol. The Morgan fingerprint density at radius 3 is 2.75 bits per heavy atom. The highest BCUT2D eigenvalue weighted by Gasteiger charge is 2.17. The summed E-state index contributed by atoms with van der Waals surface area (Å²) >= 11 is 1.23. The first-order chi connectivity index (χ1) is 7.56. The molecule has 0 spiro atoms. The predicted octanol–water partition coefficient (Wildman–Crippen LogP) is 2.07. The van der Waals surface area contributed by atoms with Gasteiger partial charge in [-0.05, 0) is 5.75 Å². The minimum Gasteiger partial charge on any atom is -0.299 e. The molecule has 5 heteroatoms. The quantitative estimate of drug-likeness (QED) is 0.855. The summed E-state index contributed by atoms with van der Waals surface area (Å²) in [5.41, 5.74) is 1.16. The number of rotatable bonds is 5. The molecule has 1 aromatic heterocycles. The first-order valence-corrected chi connectivity index (χ1v) is 6.26. The molecule has 0 saturated carbocycles. The van der Waals surface area contributed by atoms with E-state index in [1.54, 1.807) is 0 Å². The first kappa shape index (κ1) is 13.0. The second-order valence-corrected chi connectivity index (χ2v) is 5.02. The van der Waals surface area contributed by atoms with E-state index in [9.17, 15) is 9.59 Å². The Bertz CT molecular complexity index is 385. The third kappa shape index (κ3) is 3.20. The molecule has 1 aromatic rings. The normalized spacial score (nSPS) is 10.8. The summed E-state index contributed by atoms with van der Waals surface area (Å²) in [7, 11) is 0. The number of H-pyrrole nitrogens is 1. The molecule has 0 saturated heterocycles. The smallest absolute Gasteiger partial charge is 0.222 e. The van der Waals surface area contributed by atoms with E-state index in [1.165, 1.54) is 18.0 Å². The molecule has 1 rings (SSSR count). The van der Waals surface area contributed by atoms with Crippen LogP contribution in [0, 0.1) is 5.92 Å². The summed E-state index contributed by atoms with van der Waals surface area (Å²) < 4.78 is 0. The number of aromatic nitrogens is 2. The first-order valence-electron chi connectivity index (χ1n) is 5.28. The highest BCUT2D eigenvalue weighted by molar-refractivity contribution is 8.14. The van der Waals surface area contributed by atoms with Crippen molar-refractivity contribution in [1.29, 1.82) is 0 Å². The van der Waals surface area contributed by atoms with Crippen LogP contribution in [0.1, 0.15) is 36.8 Å². The lowest BCUT2D eigenvalue weighted by Crippen LogP contribution is -2.12. The molecule has 0 bridgehead atoms. The fourth-order valence-electron chi connectivity index (χ4n) is 1.21. The lowest BCUT2D eigenvalue weighted by atomic mass is 10.0. The molecule has 0 aromatic carbocycles. The molecule has 0 fully saturated rings. The van der Waals surface area contributed by atoms with Gasteiger partial charge in [0, 0.05) is 12.3 Å². The maximum absolute atomic E-state index is 11.7. The average Bonchev–Trinajstić information content (AvgIpc) is 2.66. The van der Waals surface area contributed by atoms with Gasteiger partial charge in [0.05, 0.1) is 17.5 Å². The van der Waals surface area contributed by atoms with Crippen molar-refractivity contribution in [3.05, 3.63) is 17.5 Å². The van der Waals surface area contributed by atoms with Crippen LogP contribution in [0.3, 0.4) is 0 Å². The SMILES string of the molecule is CCSC(=O)c1cn[nH]c1CC(=O)C(C)C. The summed E-state index contributed by atoms with van der Waals surface area (Å²) in [5, 5.41) is 6.53. The molecule has 0 aliphatic heterocycles. The molecule has 0 aliphatic rings. The van der Waals surface area contributed by atoms with Crippen molar-refractivity contribution in [1.82, 2.24) is 10.2 Å². The van der Waals surface area contributed by atoms with Crippen LogP contribution in [-0.4, -0.2) is 26.8 Å². The molecule has 0 amide bonds. The van der Waals surface area contributed by atoms with Crippen molar-refractivity contribution in [2.45, 2.75) is 27.2 Å². The zero-order chi connectivity index (χ0) is 12.1. The van der Waals surface area contributed by atoms with Crippen LogP contribution in [0.5, 0.6) is 0 Å². The van der Waals surface area contributed by atoms with E-state index in [4.69, 9.17) is 0 Å². The number of carbonyl (C=O) groups excluding carboxylic acids is 2. The third-order valence-electron chi connectivity index (χ3n) is 2.21. The van der Waals surface area contributed by atoms with Crippen molar-refractivity contribution in [3.8, 4) is 0 Å². The molecule has 16 heavy (non-hydrogen) atoms. The number of carbonyl (C=O) groups is 2. The summed E-state index contributed by atoms with van der Waals surface area (Å²) in [5.74, 6) is 0.812. The molecule has 0 aliphatic carbocycles. The van der Waals surface area contributed by atoms with Crippen LogP contribution in [0.25, 0.3) is 0 Å². The number of hydrogen-bond acceptors (Lipinski definition) is 4. The van der Waals surface area contributed by atoms with Crippen molar-refractivity contribution in [3.63, 3.8) is 0 Å². The van der Waals surface area contributed by atoms with Crippen molar-refractivity contribution in [2.24, 2.45) is 5.92 Å². The minimum absolute atomic E-state index is 0.0231. The molecular formula is C11H16N2O2S. The van der Waals surface area contributed by atoms with Crippen molar-refractivity contribution >= 4 is 22.7 Å². The van der Waals surface area contributed by atoms with Gasteiger partial charge in [0.25, 0.3) is 0 Å². The standard InChI is InChI=1S/C11H16N2O2S/c1-4-16-11(15)8-6-12-13-9(8)5-10(14)7(2)3/h6-7H,4-5H2,1-3H3,(H,12,13). The Hall–Kier alpha value is -1.10. The number of nitrogens with zero attached hydrogens (tertiary/aromatic N) is 1. The van der Waals surface area contributed by atoms with Gasteiger partial charge in [-0.2, -0.15) is 5.10 Å². The van der Waals surface area contributed by atoms with E-state index in [2.05, 4.69) is 10.2 Å². The molecule has 0 unspecified atom stereocenters. The number of nitrogens with one attached hydrogen (secondary N) is 1. The molecule has 1 N–H and O–H groups in total. The zero-order valence-electron chi connectivity index (χ0n) is 9.74. The summed E-state index contributed by atoms with van der Waals surface area (Å²) in [6, 6.07) is 0. The second kappa shape index (κ2) is 5.84. The topological polar surface area (TPSA) is 62.8 Å². The largest absolute Gasteiger partial charge is 0.299 e. The van der Waals surface area contributed by atoms with Gasteiger partial charge in [-0.15, -0.1) is 0 Å². The number of ketones is 1. The van der Waals surface area contributed by atoms with Gasteiger partial charge in [-0.3, -0.25) is 14.7 Å². The molecule has 88 valence electrons. The highest BCUT2D eigenvalue weighted by atomic mass is 32.2. The maximum atomic E-state index is 11.7. The number of thioether (sulfide) groups is 1. The van der Waals surface area contributed by atoms with Crippen LogP contribution >= 0.6 is 11.8 Å². The van der Waals surface area contributed by atoms with E-state index in [0.29, 0.717) is 11.3 Å². The van der Waals surface area contributed by atoms with Gasteiger partial charge in [0.2, 0.25) is 5.12 Å². The Kier molecular flexibility index (Phi) is 4.73. The van der Waals surface area contributed by atoms with Gasteiger partial charge >= 0.3 is 0 Å². The van der Waals surface area contributed by atoms with Crippen LogP contribution in [0.2, 0.25) is 0 Å². The van der Waals surface area contributed by atoms with Gasteiger partial charge in [0.1, 0.15) is 5.78 Å². The fraction of sp³-hybridized carbons (Fsp3) is 0.545. The Morgan fingerprint density at radius 2 is 2.19 bits per heavy atom. The zero-order valence-corrected chi connectivity index (χ0v) is 10.6. The molecule has 0 radical (unpaired) electrons. The van der Waals surface area contributed by atoms with Crippen LogP contribution in [0.4, 0.5) is 0 Å². The highest BCUT2D eigenvalue weighted by Crippen LogP contribution is 2.16. The molecule has 0 atom stereocenters. The Balaban J connectivity index is 2.78. The monoisotopic (exact) mass is 240 g/mol. The van der Waals surface area contributed by atoms with E-state index < -0.39 is 0 Å². The Morgan fingerprint density at radius 1 is 1.50 bits per heavy atom. The maximum Gasteiger partial charge on any atom is 0.222 e. The molecule has 1 heterocycles. The summed E-state index contributed by atoms with van der Waals surface area (Å²) in [4.78, 5) is 23.2. The van der Waals surface area contributed by atoms with Gasteiger partial charge in [0.15, 0.2) is 0 Å². The summed E-state index contributed by atoms with van der Waals surface area (Å²) in [6.07, 6.45) is 1.75. The minimum atomic E-state index is -0.0252. The van der Waals surface area contributed by atoms with Crippen molar-refractivity contribution < 1.29 is 9.59 Å². The van der Waals surface area contributed by atoms with Crippen LogP contribution in [0.15, 0.2) is 6.20 Å². The van der Waals surface area contributed by atoms with E-state index in [0.717, 1.165) is 5.75 Å². The average molecular weight is 240 g/mol. The van der Waals surface area contributed by atoms with E-state index in [1.807, 2.05) is 20.8 Å². The van der Waals surface area contributed by atoms with Crippen molar-refractivity contribution in [2.75, 3.05) is 5.75 Å². The van der Waals surface area contributed by atoms with E-state index >= 15 is 0 Å². The lowest BCUT2D eigenvalue weighted by molar-refractivity contribution is -0.121. The van der Waals surface area contributed by atoms with Gasteiger partial charge in [-0.1, -0.05) is 32.5 Å². The van der Waals surface area contributed by atoms with Crippen LogP contribution in [-0.2, 0) is 11.2 Å². The van der Waals surface area contributed by atoms with Gasteiger partial charge < -0.3 is 0 Å². The lowest BCUT2D eigenvalue weighted by Gasteiger charge is -2.03. The number of hydrogen-bond donors (Lipinski definition) is 1. The van der Waals surface area contributed by atoms with Gasteiger partial charge in [-0.25, -0.2) is 0 Å². The Labute approximate surface area is 99.2 Å². The number of aromatic amines is 1. The van der Waals surface area contributed by atoms with E-state index in [-0.39, 0.29) is 23.2 Å². The molecular weight excluding hydrogens is 224 g/mol. The fourth-order valence-corrected chi connectivity index (χ4v) is 1.80. The summed E-state index contributed by atoms with van der Waals surface area (Å²) in [6.45, 7) is 5.61. The third-order valence-corrected chi connectivity index (χ3v) is 2.98.